The molecule has 1 aromatic carbocycles. The number of nitrogens with zero attached hydrogens (tertiary/aromatic N) is 2. The number of hydrogen-bond donors (Lipinski definition) is 1. The van der Waals surface area contributed by atoms with E-state index in [1.54, 1.807) is 6.20 Å². The molecule has 2 rings (SSSR count). The van der Waals surface area contributed by atoms with Gasteiger partial charge in [0.15, 0.2) is 5.82 Å². The number of halogens is 1. The highest BCUT2D eigenvalue weighted by Gasteiger charge is 1.99. The van der Waals surface area contributed by atoms with Crippen LogP contribution >= 0.6 is 11.6 Å². The Morgan fingerprint density at radius 2 is 1.75 bits per heavy atom. The first-order valence-corrected chi connectivity index (χ1v) is 5.34. The second-order valence-corrected chi connectivity index (χ2v) is 4.12. The summed E-state index contributed by atoms with van der Waals surface area (Å²) in [6.07, 6.45) is 3.15. The smallest absolute Gasteiger partial charge is 0.150 e. The topological polar surface area (TPSA) is 37.8 Å². The minimum absolute atomic E-state index is 0.384. The lowest BCUT2D eigenvalue weighted by atomic mass is 10.1. The Bertz CT molecular complexity index is 491. The summed E-state index contributed by atoms with van der Waals surface area (Å²) in [5.41, 5.74) is 3.41. The molecule has 1 heterocycles. The van der Waals surface area contributed by atoms with Crippen molar-refractivity contribution in [3.8, 4) is 0 Å². The molecule has 0 aliphatic rings. The van der Waals surface area contributed by atoms with Gasteiger partial charge >= 0.3 is 0 Å². The zero-order valence-corrected chi connectivity index (χ0v) is 9.92. The third-order valence-corrected chi connectivity index (χ3v) is 2.28. The van der Waals surface area contributed by atoms with Crippen molar-refractivity contribution in [3.05, 3.63) is 46.9 Å². The third kappa shape index (κ3) is 2.70. The normalized spacial score (nSPS) is 10.2. The molecule has 0 spiro atoms. The van der Waals surface area contributed by atoms with Crippen molar-refractivity contribution in [2.75, 3.05) is 5.32 Å². The maximum absolute atomic E-state index is 5.76. The van der Waals surface area contributed by atoms with Crippen LogP contribution in [0.15, 0.2) is 30.6 Å². The van der Waals surface area contributed by atoms with Crippen LogP contribution in [-0.4, -0.2) is 9.97 Å². The van der Waals surface area contributed by atoms with E-state index in [4.69, 9.17) is 11.6 Å². The fourth-order valence-corrected chi connectivity index (χ4v) is 1.74. The van der Waals surface area contributed by atoms with Crippen molar-refractivity contribution in [2.45, 2.75) is 13.8 Å². The summed E-state index contributed by atoms with van der Waals surface area (Å²) in [5.74, 6) is 0.650. The van der Waals surface area contributed by atoms with Crippen LogP contribution < -0.4 is 5.32 Å². The average Bonchev–Trinajstić information content (AvgIpc) is 2.15. The molecule has 1 aromatic heterocycles. The van der Waals surface area contributed by atoms with E-state index in [-0.39, 0.29) is 0 Å². The monoisotopic (exact) mass is 233 g/mol. The summed E-state index contributed by atoms with van der Waals surface area (Å²) in [4.78, 5) is 8.09. The van der Waals surface area contributed by atoms with E-state index in [9.17, 15) is 0 Å². The molecule has 16 heavy (non-hydrogen) atoms. The van der Waals surface area contributed by atoms with E-state index in [0.29, 0.717) is 11.0 Å². The lowest BCUT2D eigenvalue weighted by Crippen LogP contribution is -1.95. The highest BCUT2D eigenvalue weighted by Crippen LogP contribution is 2.18. The molecule has 0 unspecified atom stereocenters. The Morgan fingerprint density at radius 1 is 1.06 bits per heavy atom. The van der Waals surface area contributed by atoms with E-state index in [0.717, 1.165) is 5.69 Å². The molecule has 0 saturated heterocycles. The van der Waals surface area contributed by atoms with E-state index >= 15 is 0 Å². The second-order valence-electron chi connectivity index (χ2n) is 3.73. The highest BCUT2D eigenvalue weighted by atomic mass is 35.5. The maximum Gasteiger partial charge on any atom is 0.150 e. The molecular weight excluding hydrogens is 222 g/mol. The second kappa shape index (κ2) is 4.49. The highest BCUT2D eigenvalue weighted by molar-refractivity contribution is 6.29. The first-order valence-electron chi connectivity index (χ1n) is 4.96. The van der Waals surface area contributed by atoms with Gasteiger partial charge in [-0.2, -0.15) is 0 Å². The predicted octanol–water partition coefficient (Wildman–Crippen LogP) is 3.49. The van der Waals surface area contributed by atoms with Crippen molar-refractivity contribution >= 4 is 23.1 Å². The van der Waals surface area contributed by atoms with Crippen LogP contribution in [0.1, 0.15) is 11.1 Å². The third-order valence-electron chi connectivity index (χ3n) is 2.10. The Labute approximate surface area is 99.5 Å². The van der Waals surface area contributed by atoms with Gasteiger partial charge in [-0.25, -0.2) is 4.98 Å². The van der Waals surface area contributed by atoms with E-state index in [1.165, 1.54) is 17.3 Å². The van der Waals surface area contributed by atoms with Crippen LogP contribution in [0.4, 0.5) is 11.5 Å². The molecule has 0 bridgehead atoms. The zero-order valence-electron chi connectivity index (χ0n) is 9.16. The van der Waals surface area contributed by atoms with Crippen molar-refractivity contribution < 1.29 is 0 Å². The number of aromatic nitrogens is 2. The van der Waals surface area contributed by atoms with Crippen LogP contribution in [0.25, 0.3) is 0 Å². The van der Waals surface area contributed by atoms with Crippen molar-refractivity contribution in [1.29, 1.82) is 0 Å². The Kier molecular flexibility index (Phi) is 3.06. The summed E-state index contributed by atoms with van der Waals surface area (Å²) < 4.78 is 0. The molecule has 0 fully saturated rings. The molecule has 0 radical (unpaired) electrons. The van der Waals surface area contributed by atoms with Crippen molar-refractivity contribution in [3.63, 3.8) is 0 Å². The van der Waals surface area contributed by atoms with Gasteiger partial charge in [0.1, 0.15) is 5.15 Å². The van der Waals surface area contributed by atoms with Gasteiger partial charge in [0.25, 0.3) is 0 Å². The van der Waals surface area contributed by atoms with Gasteiger partial charge < -0.3 is 5.32 Å². The predicted molar refractivity (Wildman–Crippen MR) is 66.2 cm³/mol. The molecular formula is C12H12ClN3. The van der Waals surface area contributed by atoms with Crippen LogP contribution in [-0.2, 0) is 0 Å². The average molecular weight is 234 g/mol. The molecule has 3 nitrogen and oxygen atoms in total. The van der Waals surface area contributed by atoms with Crippen LogP contribution in [0, 0.1) is 13.8 Å². The zero-order chi connectivity index (χ0) is 11.5. The molecule has 0 saturated carbocycles. The Morgan fingerprint density at radius 3 is 2.38 bits per heavy atom. The minimum Gasteiger partial charge on any atom is -0.339 e. The van der Waals surface area contributed by atoms with Crippen molar-refractivity contribution in [1.82, 2.24) is 9.97 Å². The maximum atomic E-state index is 5.76. The van der Waals surface area contributed by atoms with Crippen LogP contribution in [0.5, 0.6) is 0 Å². The van der Waals surface area contributed by atoms with Gasteiger partial charge in [-0.1, -0.05) is 17.7 Å². The summed E-state index contributed by atoms with van der Waals surface area (Å²) in [5, 5.41) is 3.55. The summed E-state index contributed by atoms with van der Waals surface area (Å²) in [7, 11) is 0. The van der Waals surface area contributed by atoms with Gasteiger partial charge in [0.05, 0.1) is 12.4 Å². The fourth-order valence-electron chi connectivity index (χ4n) is 1.60. The number of benzene rings is 1. The number of hydrogen-bond acceptors (Lipinski definition) is 3. The van der Waals surface area contributed by atoms with Gasteiger partial charge in [-0.05, 0) is 37.1 Å². The Hall–Kier alpha value is -1.61. The van der Waals surface area contributed by atoms with Gasteiger partial charge in [0, 0.05) is 5.69 Å². The summed E-state index contributed by atoms with van der Waals surface area (Å²) in [6, 6.07) is 6.22. The van der Waals surface area contributed by atoms with Gasteiger partial charge in [0.2, 0.25) is 0 Å². The molecule has 4 heteroatoms. The van der Waals surface area contributed by atoms with Gasteiger partial charge in [-0.3, -0.25) is 4.98 Å². The molecule has 0 atom stereocenters. The molecule has 0 aliphatic heterocycles. The number of nitrogens with one attached hydrogen (secondary N) is 1. The largest absolute Gasteiger partial charge is 0.339 e. The van der Waals surface area contributed by atoms with Gasteiger partial charge in [-0.15, -0.1) is 0 Å². The number of anilines is 2. The molecule has 82 valence electrons. The standard InChI is InChI=1S/C12H12ClN3/c1-8-3-9(2)5-10(4-8)15-12-7-14-6-11(13)16-12/h3-7H,1-2H3,(H,15,16). The van der Waals surface area contributed by atoms with Crippen LogP contribution in [0.3, 0.4) is 0 Å². The molecule has 0 amide bonds. The van der Waals surface area contributed by atoms with E-state index < -0.39 is 0 Å². The Balaban J connectivity index is 2.27. The lowest BCUT2D eigenvalue weighted by Gasteiger charge is -2.07. The van der Waals surface area contributed by atoms with E-state index in [2.05, 4.69) is 47.3 Å². The number of aryl methyl sites for hydroxylation is 2. The van der Waals surface area contributed by atoms with Crippen LogP contribution in [0.2, 0.25) is 5.15 Å². The number of rotatable bonds is 2. The lowest BCUT2D eigenvalue weighted by molar-refractivity contribution is 1.20. The fraction of sp³-hybridized carbons (Fsp3) is 0.167. The molecule has 0 aliphatic carbocycles. The van der Waals surface area contributed by atoms with E-state index in [1.807, 2.05) is 0 Å². The quantitative estimate of drug-likeness (QED) is 0.863. The summed E-state index contributed by atoms with van der Waals surface area (Å²) >= 11 is 5.76. The van der Waals surface area contributed by atoms with Crippen molar-refractivity contribution in [2.24, 2.45) is 0 Å². The molecule has 1 N–H and O–H groups in total. The first kappa shape index (κ1) is 10.9. The summed E-state index contributed by atoms with van der Waals surface area (Å²) in [6.45, 7) is 4.11. The SMILES string of the molecule is Cc1cc(C)cc(Nc2cncc(Cl)n2)c1. The molecule has 2 aromatic rings. The minimum atomic E-state index is 0.384. The first-order chi connectivity index (χ1) is 7.63.